The van der Waals surface area contributed by atoms with E-state index in [0.717, 1.165) is 0 Å². The third kappa shape index (κ3) is 3.37. The lowest BCUT2D eigenvalue weighted by molar-refractivity contribution is -0.297. The number of rotatable bonds is 6. The highest BCUT2D eigenvalue weighted by molar-refractivity contribution is 6.18. The molecule has 1 fully saturated rings. The van der Waals surface area contributed by atoms with E-state index in [9.17, 15) is 45.0 Å². The number of hydrogen-bond acceptors (Lipinski definition) is 9. The van der Waals surface area contributed by atoms with Crippen LogP contribution < -0.4 is 0 Å². The average Bonchev–Trinajstić information content (AvgIpc) is 2.94. The van der Waals surface area contributed by atoms with Gasteiger partial charge in [-0.15, -0.1) is 0 Å². The van der Waals surface area contributed by atoms with Gasteiger partial charge in [0.25, 0.3) is 0 Å². The Morgan fingerprint density at radius 2 is 0.778 bits per heavy atom. The number of benzene rings is 3. The summed E-state index contributed by atoms with van der Waals surface area (Å²) in [5.41, 5.74) is -12.2. The maximum absolute atomic E-state index is 13.8. The van der Waals surface area contributed by atoms with Gasteiger partial charge in [0, 0.05) is 16.7 Å². The molecule has 9 heteroatoms. The molecule has 1 aliphatic rings. The van der Waals surface area contributed by atoms with Crippen LogP contribution in [0.2, 0.25) is 0 Å². The number of aliphatic hydroxyl groups is 6. The second-order valence-electron chi connectivity index (χ2n) is 8.71. The molecule has 186 valence electrons. The topological polar surface area (TPSA) is 173 Å². The molecule has 0 aromatic heterocycles. The van der Waals surface area contributed by atoms with Crippen molar-refractivity contribution in [2.75, 3.05) is 0 Å². The molecular formula is C27H24O9. The number of Topliss-reactive ketones (excluding diaryl/α,β-unsaturated/α-hetero) is 3. The maximum Gasteiger partial charge on any atom is 0.205 e. The van der Waals surface area contributed by atoms with Crippen molar-refractivity contribution in [1.82, 2.24) is 0 Å². The second-order valence-corrected chi connectivity index (χ2v) is 8.71. The highest BCUT2D eigenvalue weighted by Crippen LogP contribution is 2.49. The van der Waals surface area contributed by atoms with E-state index in [1.54, 1.807) is 0 Å². The van der Waals surface area contributed by atoms with Gasteiger partial charge in [-0.2, -0.15) is 0 Å². The van der Waals surface area contributed by atoms with Gasteiger partial charge in [0.1, 0.15) is 18.3 Å². The van der Waals surface area contributed by atoms with Crippen molar-refractivity contribution in [2.24, 2.45) is 0 Å². The molecule has 3 aromatic carbocycles. The van der Waals surface area contributed by atoms with Gasteiger partial charge in [0.2, 0.25) is 23.0 Å². The van der Waals surface area contributed by atoms with Crippen molar-refractivity contribution in [3.8, 4) is 0 Å². The molecule has 0 bridgehead atoms. The molecule has 0 heterocycles. The van der Waals surface area contributed by atoms with E-state index in [1.165, 1.54) is 91.0 Å². The van der Waals surface area contributed by atoms with Crippen molar-refractivity contribution in [3.63, 3.8) is 0 Å². The Morgan fingerprint density at radius 1 is 0.500 bits per heavy atom. The van der Waals surface area contributed by atoms with Gasteiger partial charge in [-0.25, -0.2) is 0 Å². The van der Waals surface area contributed by atoms with E-state index >= 15 is 0 Å². The summed E-state index contributed by atoms with van der Waals surface area (Å²) in [5, 5.41) is 68.0. The first-order valence-corrected chi connectivity index (χ1v) is 11.0. The van der Waals surface area contributed by atoms with Crippen LogP contribution in [-0.2, 0) is 0 Å². The van der Waals surface area contributed by atoms with Gasteiger partial charge in [-0.1, -0.05) is 91.0 Å². The normalized spacial score (nSPS) is 32.0. The molecule has 6 N–H and O–H groups in total. The molecule has 0 spiro atoms. The average molecular weight is 492 g/mol. The van der Waals surface area contributed by atoms with Crippen LogP contribution in [0.1, 0.15) is 31.1 Å². The molecule has 0 radical (unpaired) electrons. The number of carbonyl (C=O) groups excluding carboxylic acids is 3. The smallest absolute Gasteiger partial charge is 0.205 e. The van der Waals surface area contributed by atoms with Gasteiger partial charge < -0.3 is 30.6 Å². The Bertz CT molecular complexity index is 1210. The molecule has 4 rings (SSSR count). The third-order valence-electron chi connectivity index (χ3n) is 6.74. The van der Waals surface area contributed by atoms with Crippen LogP contribution in [0, 0.1) is 0 Å². The van der Waals surface area contributed by atoms with E-state index in [-0.39, 0.29) is 16.7 Å². The Kier molecular flexibility index (Phi) is 6.48. The van der Waals surface area contributed by atoms with Crippen LogP contribution in [0.5, 0.6) is 0 Å². The van der Waals surface area contributed by atoms with Crippen molar-refractivity contribution >= 4 is 17.3 Å². The summed E-state index contributed by atoms with van der Waals surface area (Å²) >= 11 is 0. The van der Waals surface area contributed by atoms with Crippen LogP contribution in [-0.4, -0.2) is 83.1 Å². The van der Waals surface area contributed by atoms with Gasteiger partial charge in [0.05, 0.1) is 0 Å². The summed E-state index contributed by atoms with van der Waals surface area (Å²) < 4.78 is 0. The minimum atomic E-state index is -3.86. The zero-order valence-corrected chi connectivity index (χ0v) is 18.8. The summed E-state index contributed by atoms with van der Waals surface area (Å²) in [6.45, 7) is 0. The van der Waals surface area contributed by atoms with Crippen molar-refractivity contribution in [2.45, 2.75) is 35.1 Å². The molecule has 0 aliphatic heterocycles. The number of hydrogen-bond donors (Lipinski definition) is 6. The molecule has 6 atom stereocenters. The minimum Gasteiger partial charge on any atom is -0.387 e. The van der Waals surface area contributed by atoms with Crippen LogP contribution in [0.25, 0.3) is 0 Å². The van der Waals surface area contributed by atoms with Crippen molar-refractivity contribution in [1.29, 1.82) is 0 Å². The van der Waals surface area contributed by atoms with Crippen LogP contribution in [0.3, 0.4) is 0 Å². The fourth-order valence-electron chi connectivity index (χ4n) is 4.75. The molecule has 36 heavy (non-hydrogen) atoms. The number of ketones is 3. The highest BCUT2D eigenvalue weighted by atomic mass is 16.5. The van der Waals surface area contributed by atoms with Crippen LogP contribution in [0.4, 0.5) is 0 Å². The van der Waals surface area contributed by atoms with Crippen LogP contribution in [0.15, 0.2) is 91.0 Å². The quantitative estimate of drug-likeness (QED) is 0.258. The summed E-state index contributed by atoms with van der Waals surface area (Å²) in [6, 6.07) is 20.2. The molecule has 2 unspecified atom stereocenters. The second kappa shape index (κ2) is 9.14. The largest absolute Gasteiger partial charge is 0.387 e. The van der Waals surface area contributed by atoms with Crippen molar-refractivity contribution < 1.29 is 45.0 Å². The standard InChI is InChI=1S/C27H24O9/c28-19-23(32)25(34,20(29)16-10-4-1-5-11-16)27(36,22(31)18-14-8-3-9-15-18)26(35,24(19)33)21(30)17-12-6-2-7-13-17/h1-15,19,23-24,28,32-36H/t19?,23-,24+,25-,26+,27?. The SMILES string of the molecule is O=C(c1ccccc1)C1(O)[C@@](O)(C(=O)c2ccccc2)[C@H](O)C(O)[C@H](O)[C@@]1(O)C(=O)c1ccccc1. The lowest BCUT2D eigenvalue weighted by atomic mass is 9.53. The van der Waals surface area contributed by atoms with Gasteiger partial charge in [0.15, 0.2) is 11.2 Å². The Labute approximate surface area is 205 Å². The first-order valence-electron chi connectivity index (χ1n) is 11.0. The Morgan fingerprint density at radius 3 is 1.08 bits per heavy atom. The molecule has 0 amide bonds. The van der Waals surface area contributed by atoms with E-state index in [1.807, 2.05) is 0 Å². The van der Waals surface area contributed by atoms with E-state index in [4.69, 9.17) is 0 Å². The molecule has 3 aromatic rings. The lowest BCUT2D eigenvalue weighted by Crippen LogP contribution is -2.88. The van der Waals surface area contributed by atoms with Gasteiger partial charge >= 0.3 is 0 Å². The van der Waals surface area contributed by atoms with E-state index < -0.39 is 52.5 Å². The lowest BCUT2D eigenvalue weighted by Gasteiger charge is -2.57. The monoisotopic (exact) mass is 492 g/mol. The zero-order valence-electron chi connectivity index (χ0n) is 18.8. The molecule has 9 nitrogen and oxygen atoms in total. The Hall–Kier alpha value is -3.57. The number of carbonyl (C=O) groups is 3. The van der Waals surface area contributed by atoms with E-state index in [2.05, 4.69) is 0 Å². The fraction of sp³-hybridized carbons (Fsp3) is 0.222. The minimum absolute atomic E-state index is 0.309. The molecular weight excluding hydrogens is 468 g/mol. The first-order chi connectivity index (χ1) is 17.0. The highest BCUT2D eigenvalue weighted by Gasteiger charge is 2.81. The molecule has 1 saturated carbocycles. The molecule has 0 saturated heterocycles. The summed E-state index contributed by atoms with van der Waals surface area (Å²) in [4.78, 5) is 41.1. The summed E-state index contributed by atoms with van der Waals surface area (Å²) in [7, 11) is 0. The maximum atomic E-state index is 13.8. The zero-order chi connectivity index (χ0) is 26.3. The fourth-order valence-corrected chi connectivity index (χ4v) is 4.75. The first kappa shape index (κ1) is 25.5. The number of aliphatic hydroxyl groups excluding tert-OH is 3. The van der Waals surface area contributed by atoms with Gasteiger partial charge in [-0.3, -0.25) is 14.4 Å². The summed E-state index contributed by atoms with van der Waals surface area (Å²) in [5.74, 6) is -4.47. The van der Waals surface area contributed by atoms with Crippen LogP contribution >= 0.6 is 0 Å². The predicted molar refractivity (Wildman–Crippen MR) is 125 cm³/mol. The van der Waals surface area contributed by atoms with E-state index in [0.29, 0.717) is 0 Å². The van der Waals surface area contributed by atoms with Crippen molar-refractivity contribution in [3.05, 3.63) is 108 Å². The predicted octanol–water partition coefficient (Wildman–Crippen LogP) is -0.0753. The third-order valence-corrected chi connectivity index (χ3v) is 6.74. The Balaban J connectivity index is 2.06. The van der Waals surface area contributed by atoms with Gasteiger partial charge in [-0.05, 0) is 0 Å². The molecule has 1 aliphatic carbocycles. The summed E-state index contributed by atoms with van der Waals surface area (Å²) in [6.07, 6.45) is -7.91.